The van der Waals surface area contributed by atoms with Crippen molar-refractivity contribution >= 4 is 21.6 Å². The van der Waals surface area contributed by atoms with E-state index in [-0.39, 0.29) is 10.8 Å². The van der Waals surface area contributed by atoms with E-state index in [0.29, 0.717) is 56.7 Å². The fourth-order valence-electron chi connectivity index (χ4n) is 4.02. The first-order chi connectivity index (χ1) is 14.0. The number of carbonyl (C=O) groups is 1. The number of rotatable bonds is 8. The van der Waals surface area contributed by atoms with Crippen LogP contribution in [0.1, 0.15) is 51.9 Å². The number of benzene rings is 1. The molecule has 1 heterocycles. The van der Waals surface area contributed by atoms with E-state index in [1.165, 1.54) is 42.5 Å². The summed E-state index contributed by atoms with van der Waals surface area (Å²) in [6, 6.07) is 4.82. The third-order valence-corrected chi connectivity index (χ3v) is 7.54. The van der Waals surface area contributed by atoms with Gasteiger partial charge >= 0.3 is 0 Å². The Labute approximate surface area is 173 Å². The molecule has 1 saturated heterocycles. The molecule has 8 heteroatoms. The molecule has 7 nitrogen and oxygen atoms in total. The van der Waals surface area contributed by atoms with E-state index in [1.807, 2.05) is 6.92 Å². The maximum Gasteiger partial charge on any atom is 0.246 e. The molecule has 0 radical (unpaired) electrons. The van der Waals surface area contributed by atoms with Crippen molar-refractivity contribution in [1.29, 1.82) is 0 Å². The molecule has 1 aliphatic carbocycles. The molecule has 0 bridgehead atoms. The highest BCUT2D eigenvalue weighted by Gasteiger charge is 2.29. The molecule has 1 amide bonds. The average Bonchev–Trinajstić information content (AvgIpc) is 2.75. The van der Waals surface area contributed by atoms with Crippen molar-refractivity contribution in [3.63, 3.8) is 0 Å². The van der Waals surface area contributed by atoms with Gasteiger partial charge in [0.2, 0.25) is 15.9 Å². The molecular formula is C21H32N2O5S. The van der Waals surface area contributed by atoms with Gasteiger partial charge in [0, 0.05) is 25.2 Å². The predicted octanol–water partition coefficient (Wildman–Crippen LogP) is 3.41. The number of anilines is 1. The van der Waals surface area contributed by atoms with Gasteiger partial charge in [0.1, 0.15) is 10.6 Å². The minimum absolute atomic E-state index is 0.0746. The number of morpholine rings is 1. The van der Waals surface area contributed by atoms with Gasteiger partial charge < -0.3 is 14.8 Å². The Morgan fingerprint density at radius 1 is 1.21 bits per heavy atom. The van der Waals surface area contributed by atoms with Gasteiger partial charge in [-0.2, -0.15) is 4.31 Å². The highest BCUT2D eigenvalue weighted by molar-refractivity contribution is 7.89. The van der Waals surface area contributed by atoms with Crippen LogP contribution in [0.2, 0.25) is 0 Å². The van der Waals surface area contributed by atoms with E-state index >= 15 is 0 Å². The SMILES string of the molecule is CCOc1ccc(NC(=O)CCC2CCCCC2)cc1S(=O)(=O)N1CCOCC1. The maximum absolute atomic E-state index is 13.1. The zero-order valence-electron chi connectivity index (χ0n) is 17.2. The molecule has 162 valence electrons. The fourth-order valence-corrected chi connectivity index (χ4v) is 5.59. The molecule has 1 aromatic carbocycles. The molecule has 2 fully saturated rings. The van der Waals surface area contributed by atoms with E-state index < -0.39 is 10.0 Å². The van der Waals surface area contributed by atoms with E-state index in [4.69, 9.17) is 9.47 Å². The molecule has 1 aromatic rings. The lowest BCUT2D eigenvalue weighted by atomic mass is 9.86. The van der Waals surface area contributed by atoms with Gasteiger partial charge in [-0.05, 0) is 37.5 Å². The first-order valence-electron chi connectivity index (χ1n) is 10.7. The number of sulfonamides is 1. The van der Waals surface area contributed by atoms with Crippen LogP contribution in [0.3, 0.4) is 0 Å². The molecule has 0 atom stereocenters. The summed E-state index contributed by atoms with van der Waals surface area (Å²) in [5.41, 5.74) is 0.480. The van der Waals surface area contributed by atoms with E-state index in [2.05, 4.69) is 5.32 Å². The number of amides is 1. The predicted molar refractivity (Wildman–Crippen MR) is 112 cm³/mol. The molecule has 1 saturated carbocycles. The van der Waals surface area contributed by atoms with Crippen LogP contribution in [0.5, 0.6) is 5.75 Å². The topological polar surface area (TPSA) is 84.9 Å². The fraction of sp³-hybridized carbons (Fsp3) is 0.667. The lowest BCUT2D eigenvalue weighted by Gasteiger charge is -2.27. The van der Waals surface area contributed by atoms with Crippen LogP contribution >= 0.6 is 0 Å². The first kappa shape index (κ1) is 22.1. The molecule has 0 spiro atoms. The zero-order chi connectivity index (χ0) is 20.7. The first-order valence-corrected chi connectivity index (χ1v) is 12.1. The Bertz CT molecular complexity index is 784. The van der Waals surface area contributed by atoms with Crippen LogP contribution < -0.4 is 10.1 Å². The Morgan fingerprint density at radius 3 is 2.62 bits per heavy atom. The Kier molecular flexibility index (Phi) is 7.91. The zero-order valence-corrected chi connectivity index (χ0v) is 18.0. The second-order valence-electron chi connectivity index (χ2n) is 7.70. The second kappa shape index (κ2) is 10.4. The Morgan fingerprint density at radius 2 is 1.93 bits per heavy atom. The normalized spacial score (nSPS) is 19.1. The quantitative estimate of drug-likeness (QED) is 0.691. The molecule has 29 heavy (non-hydrogen) atoms. The van der Waals surface area contributed by atoms with Gasteiger partial charge in [-0.15, -0.1) is 0 Å². The number of hydrogen-bond donors (Lipinski definition) is 1. The van der Waals surface area contributed by atoms with Crippen LogP contribution in [0.25, 0.3) is 0 Å². The third kappa shape index (κ3) is 5.93. The van der Waals surface area contributed by atoms with E-state index in [9.17, 15) is 13.2 Å². The average molecular weight is 425 g/mol. The summed E-state index contributed by atoms with van der Waals surface area (Å²) in [5.74, 6) is 0.862. The minimum atomic E-state index is -3.73. The van der Waals surface area contributed by atoms with Crippen molar-refractivity contribution in [3.8, 4) is 5.75 Å². The van der Waals surface area contributed by atoms with Gasteiger partial charge in [0.05, 0.1) is 19.8 Å². The summed E-state index contributed by atoms with van der Waals surface area (Å²) >= 11 is 0. The van der Waals surface area contributed by atoms with Crippen molar-refractivity contribution in [2.45, 2.75) is 56.8 Å². The summed E-state index contributed by atoms with van der Waals surface area (Å²) in [6.45, 7) is 3.55. The third-order valence-electron chi connectivity index (χ3n) is 5.62. The van der Waals surface area contributed by atoms with Crippen molar-refractivity contribution in [3.05, 3.63) is 18.2 Å². The van der Waals surface area contributed by atoms with Crippen LogP contribution in [-0.4, -0.2) is 51.5 Å². The van der Waals surface area contributed by atoms with Crippen LogP contribution in [-0.2, 0) is 19.6 Å². The number of hydrogen-bond acceptors (Lipinski definition) is 5. The highest BCUT2D eigenvalue weighted by atomic mass is 32.2. The summed E-state index contributed by atoms with van der Waals surface area (Å²) in [5, 5.41) is 2.86. The molecule has 0 unspecified atom stereocenters. The largest absolute Gasteiger partial charge is 0.492 e. The number of ether oxygens (including phenoxy) is 2. The Balaban J connectivity index is 1.71. The minimum Gasteiger partial charge on any atom is -0.492 e. The van der Waals surface area contributed by atoms with Crippen molar-refractivity contribution in [1.82, 2.24) is 4.31 Å². The number of nitrogens with zero attached hydrogens (tertiary/aromatic N) is 1. The molecule has 3 rings (SSSR count). The van der Waals surface area contributed by atoms with Crippen molar-refractivity contribution < 1.29 is 22.7 Å². The van der Waals surface area contributed by atoms with Gasteiger partial charge in [0.25, 0.3) is 0 Å². The summed E-state index contributed by atoms with van der Waals surface area (Å²) in [7, 11) is -3.73. The standard InChI is InChI=1S/C21H32N2O5S/c1-2-28-19-10-9-18(22-21(24)11-8-17-6-4-3-5-7-17)16-20(19)29(25,26)23-12-14-27-15-13-23/h9-10,16-17H,2-8,11-15H2,1H3,(H,22,24). The molecule has 1 N–H and O–H groups in total. The molecule has 1 aliphatic heterocycles. The molecule has 2 aliphatic rings. The van der Waals surface area contributed by atoms with Crippen LogP contribution in [0.15, 0.2) is 23.1 Å². The molecule has 0 aromatic heterocycles. The summed E-state index contributed by atoms with van der Waals surface area (Å²) in [4.78, 5) is 12.5. The number of nitrogens with one attached hydrogen (secondary N) is 1. The summed E-state index contributed by atoms with van der Waals surface area (Å²) in [6.07, 6.45) is 7.58. The van der Waals surface area contributed by atoms with Crippen LogP contribution in [0.4, 0.5) is 5.69 Å². The van der Waals surface area contributed by atoms with Gasteiger partial charge in [-0.3, -0.25) is 4.79 Å². The lowest BCUT2D eigenvalue weighted by molar-refractivity contribution is -0.116. The molecular weight excluding hydrogens is 392 g/mol. The van der Waals surface area contributed by atoms with Gasteiger partial charge in [0.15, 0.2) is 0 Å². The Hall–Kier alpha value is -1.64. The van der Waals surface area contributed by atoms with E-state index in [0.717, 1.165) is 6.42 Å². The van der Waals surface area contributed by atoms with E-state index in [1.54, 1.807) is 12.1 Å². The van der Waals surface area contributed by atoms with Gasteiger partial charge in [-0.25, -0.2) is 8.42 Å². The maximum atomic E-state index is 13.1. The number of carbonyl (C=O) groups excluding carboxylic acids is 1. The van der Waals surface area contributed by atoms with Crippen molar-refractivity contribution in [2.75, 3.05) is 38.2 Å². The van der Waals surface area contributed by atoms with Gasteiger partial charge in [-0.1, -0.05) is 32.1 Å². The lowest BCUT2D eigenvalue weighted by Crippen LogP contribution is -2.40. The monoisotopic (exact) mass is 424 g/mol. The smallest absolute Gasteiger partial charge is 0.246 e. The van der Waals surface area contributed by atoms with Crippen molar-refractivity contribution in [2.24, 2.45) is 5.92 Å². The van der Waals surface area contributed by atoms with Crippen LogP contribution in [0, 0.1) is 5.92 Å². The summed E-state index contributed by atoms with van der Waals surface area (Å²) < 4.78 is 38.5. The second-order valence-corrected chi connectivity index (χ2v) is 9.61. The highest BCUT2D eigenvalue weighted by Crippen LogP contribution is 2.31.